The first kappa shape index (κ1) is 10.7. The van der Waals surface area contributed by atoms with Gasteiger partial charge in [-0.1, -0.05) is 12.8 Å². The molecule has 0 spiro atoms. The molecule has 1 N–H and O–H groups in total. The molecule has 0 aromatic heterocycles. The van der Waals surface area contributed by atoms with Crippen molar-refractivity contribution in [2.75, 3.05) is 26.3 Å². The molecule has 1 amide bonds. The van der Waals surface area contributed by atoms with E-state index in [9.17, 15) is 9.90 Å². The van der Waals surface area contributed by atoms with Crippen molar-refractivity contribution in [2.24, 2.45) is 5.41 Å². The molecule has 2 rings (SSSR count). The third-order valence-corrected chi connectivity index (χ3v) is 3.58. The number of nitrogens with zero attached hydrogens (tertiary/aromatic N) is 1. The predicted molar refractivity (Wildman–Crippen MR) is 55.5 cm³/mol. The minimum Gasteiger partial charge on any atom is -0.449 e. The first-order valence-electron chi connectivity index (χ1n) is 5.78. The third kappa shape index (κ3) is 2.25. The van der Waals surface area contributed by atoms with Crippen LogP contribution in [-0.4, -0.2) is 42.4 Å². The van der Waals surface area contributed by atoms with Gasteiger partial charge < -0.3 is 14.7 Å². The Morgan fingerprint density at radius 1 is 1.33 bits per heavy atom. The van der Waals surface area contributed by atoms with E-state index in [0.717, 1.165) is 25.8 Å². The molecule has 2 fully saturated rings. The van der Waals surface area contributed by atoms with E-state index in [2.05, 4.69) is 0 Å². The number of cyclic esters (lactones) is 1. The highest BCUT2D eigenvalue weighted by molar-refractivity contribution is 5.68. The van der Waals surface area contributed by atoms with Gasteiger partial charge in [-0.25, -0.2) is 4.79 Å². The molecule has 1 aliphatic carbocycles. The van der Waals surface area contributed by atoms with Crippen molar-refractivity contribution < 1.29 is 14.6 Å². The lowest BCUT2D eigenvalue weighted by molar-refractivity contribution is 0.0349. The summed E-state index contributed by atoms with van der Waals surface area (Å²) >= 11 is 0. The lowest BCUT2D eigenvalue weighted by Crippen LogP contribution is -2.45. The van der Waals surface area contributed by atoms with E-state index >= 15 is 0 Å². The van der Waals surface area contributed by atoms with Gasteiger partial charge in [-0.15, -0.1) is 0 Å². The van der Waals surface area contributed by atoms with Crippen LogP contribution in [-0.2, 0) is 4.74 Å². The van der Waals surface area contributed by atoms with Crippen LogP contribution in [0.4, 0.5) is 4.79 Å². The van der Waals surface area contributed by atoms with Crippen LogP contribution in [0.25, 0.3) is 0 Å². The Balaban J connectivity index is 1.96. The highest BCUT2D eigenvalue weighted by atomic mass is 16.6. The third-order valence-electron chi connectivity index (χ3n) is 3.58. The molecule has 2 aliphatic rings. The molecule has 1 aliphatic heterocycles. The molecule has 0 aromatic rings. The molecule has 0 radical (unpaired) electrons. The highest BCUT2D eigenvalue weighted by Gasteiger charge is 2.37. The number of carbonyl (C=O) groups excluding carboxylic acids is 1. The second kappa shape index (κ2) is 4.39. The fourth-order valence-electron chi connectivity index (χ4n) is 2.64. The van der Waals surface area contributed by atoms with Crippen molar-refractivity contribution in [2.45, 2.75) is 32.1 Å². The SMILES string of the molecule is O=C1OCCCN1CC1(CO)CCCC1. The van der Waals surface area contributed by atoms with Crippen LogP contribution in [0, 0.1) is 5.41 Å². The summed E-state index contributed by atoms with van der Waals surface area (Å²) in [7, 11) is 0. The fourth-order valence-corrected chi connectivity index (χ4v) is 2.64. The van der Waals surface area contributed by atoms with Gasteiger partial charge in [0.2, 0.25) is 0 Å². The Bertz CT molecular complexity index is 236. The van der Waals surface area contributed by atoms with E-state index in [-0.39, 0.29) is 18.1 Å². The van der Waals surface area contributed by atoms with Gasteiger partial charge >= 0.3 is 6.09 Å². The van der Waals surface area contributed by atoms with E-state index in [0.29, 0.717) is 13.2 Å². The van der Waals surface area contributed by atoms with Gasteiger partial charge in [0.15, 0.2) is 0 Å². The Morgan fingerprint density at radius 2 is 2.07 bits per heavy atom. The second-order valence-electron chi connectivity index (χ2n) is 4.75. The summed E-state index contributed by atoms with van der Waals surface area (Å²) in [5, 5.41) is 9.45. The number of hydrogen-bond acceptors (Lipinski definition) is 3. The van der Waals surface area contributed by atoms with Crippen LogP contribution in [0.5, 0.6) is 0 Å². The van der Waals surface area contributed by atoms with Gasteiger partial charge in [0.05, 0.1) is 13.2 Å². The summed E-state index contributed by atoms with van der Waals surface area (Å²) in [6.07, 6.45) is 5.11. The largest absolute Gasteiger partial charge is 0.449 e. The number of aliphatic hydroxyl groups is 1. The van der Waals surface area contributed by atoms with Gasteiger partial charge in [0, 0.05) is 18.5 Å². The summed E-state index contributed by atoms with van der Waals surface area (Å²) in [5.74, 6) is 0. The molecule has 0 bridgehead atoms. The summed E-state index contributed by atoms with van der Waals surface area (Å²) in [6.45, 7) is 2.18. The molecule has 1 saturated heterocycles. The van der Waals surface area contributed by atoms with Crippen LogP contribution in [0.2, 0.25) is 0 Å². The van der Waals surface area contributed by atoms with E-state index in [4.69, 9.17) is 4.74 Å². The molecule has 0 aromatic carbocycles. The van der Waals surface area contributed by atoms with E-state index in [1.807, 2.05) is 0 Å². The normalized spacial score (nSPS) is 25.4. The van der Waals surface area contributed by atoms with Gasteiger partial charge in [-0.05, 0) is 19.3 Å². The Hall–Kier alpha value is -0.770. The van der Waals surface area contributed by atoms with Crippen molar-refractivity contribution in [3.63, 3.8) is 0 Å². The zero-order valence-electron chi connectivity index (χ0n) is 9.07. The summed E-state index contributed by atoms with van der Waals surface area (Å²) < 4.78 is 5.00. The minimum absolute atomic E-state index is 0.0453. The number of rotatable bonds is 3. The Morgan fingerprint density at radius 3 is 2.67 bits per heavy atom. The van der Waals surface area contributed by atoms with Crippen LogP contribution >= 0.6 is 0 Å². The lowest BCUT2D eigenvalue weighted by atomic mass is 9.86. The second-order valence-corrected chi connectivity index (χ2v) is 4.75. The van der Waals surface area contributed by atoms with E-state index in [1.165, 1.54) is 12.8 Å². The maximum absolute atomic E-state index is 11.5. The molecular formula is C11H19NO3. The van der Waals surface area contributed by atoms with Crippen LogP contribution in [0.1, 0.15) is 32.1 Å². The van der Waals surface area contributed by atoms with Crippen molar-refractivity contribution in [1.82, 2.24) is 4.90 Å². The first-order chi connectivity index (χ1) is 7.26. The standard InChI is InChI=1S/C11H19NO3/c13-9-11(4-1-2-5-11)8-12-6-3-7-15-10(12)14/h13H,1-9H2. The number of ether oxygens (including phenoxy) is 1. The number of aliphatic hydroxyl groups excluding tert-OH is 1. The first-order valence-corrected chi connectivity index (χ1v) is 5.78. The van der Waals surface area contributed by atoms with Crippen molar-refractivity contribution in [3.05, 3.63) is 0 Å². The smallest absolute Gasteiger partial charge is 0.409 e. The number of carbonyl (C=O) groups is 1. The summed E-state index contributed by atoms with van der Waals surface area (Å²) in [4.78, 5) is 13.2. The number of hydrogen-bond donors (Lipinski definition) is 1. The van der Waals surface area contributed by atoms with E-state index in [1.54, 1.807) is 4.90 Å². The van der Waals surface area contributed by atoms with Gasteiger partial charge in [0.1, 0.15) is 0 Å². The van der Waals surface area contributed by atoms with Gasteiger partial charge in [-0.3, -0.25) is 0 Å². The average Bonchev–Trinajstić information content (AvgIpc) is 2.71. The molecule has 1 heterocycles. The van der Waals surface area contributed by atoms with Crippen molar-refractivity contribution >= 4 is 6.09 Å². The fraction of sp³-hybridized carbons (Fsp3) is 0.909. The molecule has 0 unspecified atom stereocenters. The monoisotopic (exact) mass is 213 g/mol. The van der Waals surface area contributed by atoms with Crippen LogP contribution in [0.3, 0.4) is 0 Å². The molecule has 15 heavy (non-hydrogen) atoms. The Labute approximate surface area is 90.2 Å². The molecule has 1 saturated carbocycles. The molecule has 4 nitrogen and oxygen atoms in total. The predicted octanol–water partition coefficient (Wildman–Crippen LogP) is 1.38. The van der Waals surface area contributed by atoms with Crippen LogP contribution < -0.4 is 0 Å². The molecule has 0 atom stereocenters. The zero-order chi connectivity index (χ0) is 10.7. The summed E-state index contributed by atoms with van der Waals surface area (Å²) in [6, 6.07) is 0. The maximum atomic E-state index is 11.5. The lowest BCUT2D eigenvalue weighted by Gasteiger charge is -2.35. The molecular weight excluding hydrogens is 194 g/mol. The van der Waals surface area contributed by atoms with Crippen molar-refractivity contribution in [3.8, 4) is 0 Å². The number of amides is 1. The van der Waals surface area contributed by atoms with Gasteiger partial charge in [-0.2, -0.15) is 0 Å². The Kier molecular flexibility index (Phi) is 3.14. The van der Waals surface area contributed by atoms with Gasteiger partial charge in [0.25, 0.3) is 0 Å². The van der Waals surface area contributed by atoms with E-state index < -0.39 is 0 Å². The summed E-state index contributed by atoms with van der Waals surface area (Å²) in [5.41, 5.74) is -0.0453. The molecule has 86 valence electrons. The molecule has 4 heteroatoms. The van der Waals surface area contributed by atoms with Crippen LogP contribution in [0.15, 0.2) is 0 Å². The minimum atomic E-state index is -0.207. The quantitative estimate of drug-likeness (QED) is 0.770. The average molecular weight is 213 g/mol. The van der Waals surface area contributed by atoms with Crippen molar-refractivity contribution in [1.29, 1.82) is 0 Å². The highest BCUT2D eigenvalue weighted by Crippen LogP contribution is 2.38. The zero-order valence-corrected chi connectivity index (χ0v) is 9.07. The maximum Gasteiger partial charge on any atom is 0.409 e. The topological polar surface area (TPSA) is 49.8 Å².